The van der Waals surface area contributed by atoms with E-state index in [2.05, 4.69) is 20.6 Å². The quantitative estimate of drug-likeness (QED) is 0.557. The third-order valence-corrected chi connectivity index (χ3v) is 3.92. The Morgan fingerprint density at radius 3 is 2.39 bits per heavy atom. The molecule has 2 N–H and O–H groups in total. The number of nitrogens with one attached hydrogen (secondary N) is 2. The van der Waals surface area contributed by atoms with E-state index < -0.39 is 0 Å². The second-order valence-electron chi connectivity index (χ2n) is 5.91. The highest BCUT2D eigenvalue weighted by atomic mass is 16.5. The molecule has 7 nitrogen and oxygen atoms in total. The standard InChI is InChI=1S/C21H22N4O3/c1-27-17-7-9-18(10-8-17)28-12-11-22-20-15-23-19(14-24-20)21(26)25-13-16-5-3-2-4-6-16/h2-10,14-15H,11-13H2,1H3,(H,22,24)(H,25,26). The van der Waals surface area contributed by atoms with Crippen LogP contribution in [0.3, 0.4) is 0 Å². The number of ether oxygens (including phenoxy) is 2. The first kappa shape index (κ1) is 19.2. The van der Waals surface area contributed by atoms with Gasteiger partial charge in [0.1, 0.15) is 29.6 Å². The van der Waals surface area contributed by atoms with Gasteiger partial charge >= 0.3 is 0 Å². The molecule has 0 aliphatic carbocycles. The summed E-state index contributed by atoms with van der Waals surface area (Å²) in [6.45, 7) is 1.47. The summed E-state index contributed by atoms with van der Waals surface area (Å²) in [5.41, 5.74) is 1.30. The first-order valence-corrected chi connectivity index (χ1v) is 8.89. The van der Waals surface area contributed by atoms with E-state index in [0.29, 0.717) is 25.5 Å². The number of nitrogens with zero attached hydrogens (tertiary/aromatic N) is 2. The summed E-state index contributed by atoms with van der Waals surface area (Å²) in [5, 5.41) is 5.93. The Balaban J connectivity index is 1.40. The van der Waals surface area contributed by atoms with Gasteiger partial charge in [-0.15, -0.1) is 0 Å². The molecule has 0 atom stereocenters. The molecular weight excluding hydrogens is 356 g/mol. The van der Waals surface area contributed by atoms with E-state index in [-0.39, 0.29) is 11.6 Å². The molecule has 0 saturated carbocycles. The summed E-state index contributed by atoms with van der Waals surface area (Å²) in [4.78, 5) is 20.5. The zero-order valence-electron chi connectivity index (χ0n) is 15.6. The van der Waals surface area contributed by atoms with Crippen molar-refractivity contribution in [2.75, 3.05) is 25.6 Å². The number of aromatic nitrogens is 2. The van der Waals surface area contributed by atoms with Crippen LogP contribution < -0.4 is 20.1 Å². The molecule has 2 aromatic carbocycles. The van der Waals surface area contributed by atoms with Crippen molar-refractivity contribution in [3.63, 3.8) is 0 Å². The summed E-state index contributed by atoms with van der Waals surface area (Å²) in [6.07, 6.45) is 2.98. The lowest BCUT2D eigenvalue weighted by atomic mass is 10.2. The number of amides is 1. The zero-order chi connectivity index (χ0) is 19.6. The van der Waals surface area contributed by atoms with E-state index in [9.17, 15) is 4.79 Å². The first-order chi connectivity index (χ1) is 13.7. The lowest BCUT2D eigenvalue weighted by Gasteiger charge is -2.09. The van der Waals surface area contributed by atoms with Crippen molar-refractivity contribution in [2.24, 2.45) is 0 Å². The van der Waals surface area contributed by atoms with Crippen LogP contribution in [0.2, 0.25) is 0 Å². The second-order valence-corrected chi connectivity index (χ2v) is 5.91. The molecule has 0 spiro atoms. The Labute approximate surface area is 163 Å². The van der Waals surface area contributed by atoms with Gasteiger partial charge in [-0.2, -0.15) is 0 Å². The Kier molecular flexibility index (Phi) is 6.78. The second kappa shape index (κ2) is 9.91. The monoisotopic (exact) mass is 378 g/mol. The highest BCUT2D eigenvalue weighted by Crippen LogP contribution is 2.16. The Hall–Kier alpha value is -3.61. The molecule has 3 aromatic rings. The van der Waals surface area contributed by atoms with E-state index in [1.54, 1.807) is 7.11 Å². The van der Waals surface area contributed by atoms with Crippen LogP contribution in [0.25, 0.3) is 0 Å². The number of carbonyl (C=O) groups excluding carboxylic acids is 1. The Bertz CT molecular complexity index is 868. The van der Waals surface area contributed by atoms with Crippen LogP contribution in [0, 0.1) is 0 Å². The van der Waals surface area contributed by atoms with Crippen LogP contribution in [-0.4, -0.2) is 36.1 Å². The minimum absolute atomic E-state index is 0.259. The van der Waals surface area contributed by atoms with Gasteiger partial charge in [-0.25, -0.2) is 9.97 Å². The predicted octanol–water partition coefficient (Wildman–Crippen LogP) is 2.91. The van der Waals surface area contributed by atoms with Gasteiger partial charge in [0.2, 0.25) is 0 Å². The minimum atomic E-state index is -0.259. The Morgan fingerprint density at radius 1 is 0.964 bits per heavy atom. The maximum Gasteiger partial charge on any atom is 0.271 e. The summed E-state index contributed by atoms with van der Waals surface area (Å²) < 4.78 is 10.7. The van der Waals surface area contributed by atoms with Crippen molar-refractivity contribution in [1.82, 2.24) is 15.3 Å². The fourth-order valence-corrected chi connectivity index (χ4v) is 2.43. The Morgan fingerprint density at radius 2 is 1.71 bits per heavy atom. The molecule has 0 bridgehead atoms. The molecule has 1 heterocycles. The van der Waals surface area contributed by atoms with Crippen molar-refractivity contribution < 1.29 is 14.3 Å². The summed E-state index contributed by atoms with van der Waals surface area (Å²) in [7, 11) is 1.62. The van der Waals surface area contributed by atoms with Gasteiger partial charge < -0.3 is 20.1 Å². The molecule has 1 aromatic heterocycles. The third kappa shape index (κ3) is 5.70. The SMILES string of the molecule is COc1ccc(OCCNc2cnc(C(=O)NCc3ccccc3)cn2)cc1. The summed E-state index contributed by atoms with van der Waals surface area (Å²) >= 11 is 0. The molecule has 0 radical (unpaired) electrons. The fraction of sp³-hybridized carbons (Fsp3) is 0.190. The molecule has 0 unspecified atom stereocenters. The van der Waals surface area contributed by atoms with Crippen LogP contribution in [0.5, 0.6) is 11.5 Å². The first-order valence-electron chi connectivity index (χ1n) is 8.89. The summed E-state index contributed by atoms with van der Waals surface area (Å²) in [5.74, 6) is 1.87. The van der Waals surface area contributed by atoms with Gasteiger partial charge in [0.15, 0.2) is 0 Å². The molecule has 7 heteroatoms. The molecule has 3 rings (SSSR count). The zero-order valence-corrected chi connectivity index (χ0v) is 15.6. The van der Waals surface area contributed by atoms with Crippen molar-refractivity contribution in [3.8, 4) is 11.5 Å². The average Bonchev–Trinajstić information content (AvgIpc) is 2.76. The third-order valence-electron chi connectivity index (χ3n) is 3.92. The van der Waals surface area contributed by atoms with Crippen LogP contribution in [-0.2, 0) is 6.54 Å². The van der Waals surface area contributed by atoms with E-state index in [1.807, 2.05) is 54.6 Å². The number of hydrogen-bond donors (Lipinski definition) is 2. The molecule has 144 valence electrons. The number of rotatable bonds is 9. The van der Waals surface area contributed by atoms with Gasteiger partial charge in [0, 0.05) is 6.54 Å². The van der Waals surface area contributed by atoms with Gasteiger partial charge in [-0.1, -0.05) is 30.3 Å². The van der Waals surface area contributed by atoms with Gasteiger partial charge in [-0.05, 0) is 29.8 Å². The van der Waals surface area contributed by atoms with Crippen LogP contribution in [0.1, 0.15) is 16.1 Å². The van der Waals surface area contributed by atoms with E-state index >= 15 is 0 Å². The highest BCUT2D eigenvalue weighted by Gasteiger charge is 2.07. The molecule has 0 aliphatic rings. The summed E-state index contributed by atoms with van der Waals surface area (Å²) in [6, 6.07) is 17.1. The van der Waals surface area contributed by atoms with Crippen LogP contribution in [0.15, 0.2) is 67.0 Å². The molecule has 28 heavy (non-hydrogen) atoms. The predicted molar refractivity (Wildman–Crippen MR) is 107 cm³/mol. The van der Waals surface area contributed by atoms with E-state index in [1.165, 1.54) is 12.4 Å². The maximum atomic E-state index is 12.1. The van der Waals surface area contributed by atoms with Gasteiger partial charge in [-0.3, -0.25) is 4.79 Å². The van der Waals surface area contributed by atoms with Crippen molar-refractivity contribution >= 4 is 11.7 Å². The van der Waals surface area contributed by atoms with E-state index in [0.717, 1.165) is 17.1 Å². The number of carbonyl (C=O) groups is 1. The van der Waals surface area contributed by atoms with Gasteiger partial charge in [0.05, 0.1) is 26.0 Å². The molecule has 1 amide bonds. The largest absolute Gasteiger partial charge is 0.497 e. The lowest BCUT2D eigenvalue weighted by Crippen LogP contribution is -2.24. The highest BCUT2D eigenvalue weighted by molar-refractivity contribution is 5.91. The topological polar surface area (TPSA) is 85.4 Å². The van der Waals surface area contributed by atoms with Crippen LogP contribution >= 0.6 is 0 Å². The van der Waals surface area contributed by atoms with Crippen molar-refractivity contribution in [2.45, 2.75) is 6.54 Å². The fourth-order valence-electron chi connectivity index (χ4n) is 2.43. The number of benzene rings is 2. The maximum absolute atomic E-state index is 12.1. The van der Waals surface area contributed by atoms with Crippen molar-refractivity contribution in [1.29, 1.82) is 0 Å². The van der Waals surface area contributed by atoms with Gasteiger partial charge in [0.25, 0.3) is 5.91 Å². The lowest BCUT2D eigenvalue weighted by molar-refractivity contribution is 0.0945. The number of hydrogen-bond acceptors (Lipinski definition) is 6. The molecule has 0 saturated heterocycles. The number of methoxy groups -OCH3 is 1. The van der Waals surface area contributed by atoms with Crippen LogP contribution in [0.4, 0.5) is 5.82 Å². The molecule has 0 fully saturated rings. The normalized spacial score (nSPS) is 10.2. The average molecular weight is 378 g/mol. The number of anilines is 1. The molecule has 0 aliphatic heterocycles. The molecular formula is C21H22N4O3. The van der Waals surface area contributed by atoms with Crippen molar-refractivity contribution in [3.05, 3.63) is 78.2 Å². The smallest absolute Gasteiger partial charge is 0.271 e. The minimum Gasteiger partial charge on any atom is -0.497 e. The van der Waals surface area contributed by atoms with E-state index in [4.69, 9.17) is 9.47 Å².